The van der Waals surface area contributed by atoms with Gasteiger partial charge in [0.2, 0.25) is 11.8 Å². The lowest BCUT2D eigenvalue weighted by molar-refractivity contribution is -0.122. The zero-order chi connectivity index (χ0) is 24.9. The number of amides is 2. The SMILES string of the molecule is CCCC(C)COc1ccc([C@@]2(CNC(=O)CC3(C)CC3)CC2NC(=O)Cc2ccccc2)cc1. The molecule has 4 rings (SSSR count). The lowest BCUT2D eigenvalue weighted by Crippen LogP contribution is -2.39. The molecule has 0 spiro atoms. The van der Waals surface area contributed by atoms with Gasteiger partial charge in [-0.3, -0.25) is 9.59 Å². The summed E-state index contributed by atoms with van der Waals surface area (Å²) in [4.78, 5) is 25.4. The first-order valence-electron chi connectivity index (χ1n) is 13.2. The lowest BCUT2D eigenvalue weighted by Gasteiger charge is -2.21. The molecule has 2 aliphatic rings. The molecule has 2 unspecified atom stereocenters. The van der Waals surface area contributed by atoms with Crippen molar-refractivity contribution in [2.75, 3.05) is 13.2 Å². The van der Waals surface area contributed by atoms with Crippen LogP contribution in [0.4, 0.5) is 0 Å². The van der Waals surface area contributed by atoms with Gasteiger partial charge in [-0.1, -0.05) is 69.7 Å². The predicted molar refractivity (Wildman–Crippen MR) is 139 cm³/mol. The van der Waals surface area contributed by atoms with Crippen molar-refractivity contribution >= 4 is 11.8 Å². The Hall–Kier alpha value is -2.82. The molecule has 2 aliphatic carbocycles. The Labute approximate surface area is 210 Å². The third kappa shape index (κ3) is 6.87. The monoisotopic (exact) mass is 476 g/mol. The van der Waals surface area contributed by atoms with E-state index >= 15 is 0 Å². The third-order valence-electron chi connectivity index (χ3n) is 7.66. The fourth-order valence-electron chi connectivity index (χ4n) is 4.93. The number of carbonyl (C=O) groups excluding carboxylic acids is 2. The average Bonchev–Trinajstić information content (AvgIpc) is 3.74. The molecular formula is C30H40N2O3. The summed E-state index contributed by atoms with van der Waals surface area (Å²) in [6.45, 7) is 7.83. The fourth-order valence-corrected chi connectivity index (χ4v) is 4.93. The molecular weight excluding hydrogens is 436 g/mol. The highest BCUT2D eigenvalue weighted by Gasteiger charge is 2.56. The molecule has 35 heavy (non-hydrogen) atoms. The van der Waals surface area contributed by atoms with Crippen molar-refractivity contribution in [3.05, 3.63) is 65.7 Å². The quantitative estimate of drug-likeness (QED) is 0.419. The smallest absolute Gasteiger partial charge is 0.224 e. The zero-order valence-corrected chi connectivity index (χ0v) is 21.4. The summed E-state index contributed by atoms with van der Waals surface area (Å²) in [5.74, 6) is 1.52. The van der Waals surface area contributed by atoms with Gasteiger partial charge in [-0.05, 0) is 60.3 Å². The molecule has 2 saturated carbocycles. The van der Waals surface area contributed by atoms with Gasteiger partial charge in [0, 0.05) is 24.4 Å². The number of hydrogen-bond donors (Lipinski definition) is 2. The molecule has 5 nitrogen and oxygen atoms in total. The van der Waals surface area contributed by atoms with Crippen LogP contribution in [0.2, 0.25) is 0 Å². The van der Waals surface area contributed by atoms with E-state index in [9.17, 15) is 9.59 Å². The standard InChI is InChI=1S/C30H40N2O3/c1-4-8-22(2)20-35-25-13-11-24(12-14-25)30(21-31-28(34)19-29(3)15-16-29)18-26(30)32-27(33)17-23-9-6-5-7-10-23/h5-7,9-14,22,26H,4,8,15-21H2,1-3H3,(H,31,34)(H,32,33)/t22?,26?,30-/m0/s1. The maximum Gasteiger partial charge on any atom is 0.224 e. The van der Waals surface area contributed by atoms with E-state index < -0.39 is 0 Å². The predicted octanol–water partition coefficient (Wildman–Crippen LogP) is 5.18. The van der Waals surface area contributed by atoms with Gasteiger partial charge in [-0.15, -0.1) is 0 Å². The summed E-state index contributed by atoms with van der Waals surface area (Å²) in [5, 5.41) is 6.40. The normalized spacial score (nSPS) is 22.7. The molecule has 5 heteroatoms. The number of benzene rings is 2. The van der Waals surface area contributed by atoms with Gasteiger partial charge in [-0.25, -0.2) is 0 Å². The molecule has 3 atom stereocenters. The Morgan fingerprint density at radius 1 is 1.06 bits per heavy atom. The van der Waals surface area contributed by atoms with E-state index in [1.807, 2.05) is 42.5 Å². The Balaban J connectivity index is 1.40. The van der Waals surface area contributed by atoms with E-state index in [-0.39, 0.29) is 28.7 Å². The summed E-state index contributed by atoms with van der Waals surface area (Å²) in [5.41, 5.74) is 2.04. The summed E-state index contributed by atoms with van der Waals surface area (Å²) in [6, 6.07) is 18.0. The number of nitrogens with one attached hydrogen (secondary N) is 2. The highest BCUT2D eigenvalue weighted by Crippen LogP contribution is 2.50. The molecule has 0 bridgehead atoms. The van der Waals surface area contributed by atoms with Gasteiger partial charge in [0.15, 0.2) is 0 Å². The van der Waals surface area contributed by atoms with E-state index in [1.54, 1.807) is 0 Å². The fraction of sp³-hybridized carbons (Fsp3) is 0.533. The Bertz CT molecular complexity index is 1000. The largest absolute Gasteiger partial charge is 0.493 e. The maximum atomic E-state index is 12.8. The summed E-state index contributed by atoms with van der Waals surface area (Å²) < 4.78 is 5.99. The summed E-state index contributed by atoms with van der Waals surface area (Å²) in [6.07, 6.45) is 6.33. The second-order valence-corrected chi connectivity index (χ2v) is 11.1. The van der Waals surface area contributed by atoms with E-state index in [0.29, 0.717) is 31.9 Å². The van der Waals surface area contributed by atoms with Crippen LogP contribution < -0.4 is 15.4 Å². The number of hydrogen-bond acceptors (Lipinski definition) is 3. The minimum atomic E-state index is -0.277. The van der Waals surface area contributed by atoms with Crippen LogP contribution in [0.15, 0.2) is 54.6 Å². The van der Waals surface area contributed by atoms with Gasteiger partial charge in [0.25, 0.3) is 0 Å². The molecule has 2 aromatic rings. The second kappa shape index (κ2) is 10.8. The van der Waals surface area contributed by atoms with Crippen molar-refractivity contribution in [1.29, 1.82) is 0 Å². The van der Waals surface area contributed by atoms with Crippen LogP contribution in [-0.2, 0) is 21.4 Å². The minimum absolute atomic E-state index is 0.00636. The summed E-state index contributed by atoms with van der Waals surface area (Å²) in [7, 11) is 0. The summed E-state index contributed by atoms with van der Waals surface area (Å²) >= 11 is 0. The van der Waals surface area contributed by atoms with Crippen LogP contribution >= 0.6 is 0 Å². The van der Waals surface area contributed by atoms with E-state index in [2.05, 4.69) is 43.5 Å². The van der Waals surface area contributed by atoms with Crippen LogP contribution in [0.5, 0.6) is 5.75 Å². The van der Waals surface area contributed by atoms with Crippen molar-refractivity contribution in [2.24, 2.45) is 11.3 Å². The molecule has 0 aliphatic heterocycles. The number of rotatable bonds is 13. The Morgan fingerprint density at radius 3 is 2.43 bits per heavy atom. The van der Waals surface area contributed by atoms with Gasteiger partial charge < -0.3 is 15.4 Å². The van der Waals surface area contributed by atoms with E-state index in [0.717, 1.165) is 49.0 Å². The first kappa shape index (κ1) is 25.3. The third-order valence-corrected chi connectivity index (χ3v) is 7.66. The van der Waals surface area contributed by atoms with Gasteiger partial charge in [-0.2, -0.15) is 0 Å². The van der Waals surface area contributed by atoms with Crippen LogP contribution in [0, 0.1) is 11.3 Å². The lowest BCUT2D eigenvalue weighted by atomic mass is 9.94. The van der Waals surface area contributed by atoms with Crippen molar-refractivity contribution in [1.82, 2.24) is 10.6 Å². The Morgan fingerprint density at radius 2 is 1.77 bits per heavy atom. The number of ether oxygens (including phenoxy) is 1. The van der Waals surface area contributed by atoms with Gasteiger partial charge in [0.1, 0.15) is 5.75 Å². The van der Waals surface area contributed by atoms with Crippen LogP contribution in [0.25, 0.3) is 0 Å². The Kier molecular flexibility index (Phi) is 7.83. The molecule has 188 valence electrons. The zero-order valence-electron chi connectivity index (χ0n) is 21.4. The molecule has 2 amide bonds. The highest BCUT2D eigenvalue weighted by atomic mass is 16.5. The van der Waals surface area contributed by atoms with Crippen molar-refractivity contribution in [2.45, 2.75) is 77.2 Å². The van der Waals surface area contributed by atoms with E-state index in [4.69, 9.17) is 4.74 Å². The molecule has 2 aromatic carbocycles. The van der Waals surface area contributed by atoms with E-state index in [1.165, 1.54) is 0 Å². The highest BCUT2D eigenvalue weighted by molar-refractivity contribution is 5.80. The minimum Gasteiger partial charge on any atom is -0.493 e. The van der Waals surface area contributed by atoms with Crippen molar-refractivity contribution in [3.8, 4) is 5.75 Å². The second-order valence-electron chi connectivity index (χ2n) is 11.1. The number of carbonyl (C=O) groups is 2. The first-order chi connectivity index (χ1) is 16.8. The van der Waals surface area contributed by atoms with Crippen LogP contribution in [0.1, 0.15) is 70.4 Å². The molecule has 2 N–H and O–H groups in total. The molecule has 0 radical (unpaired) electrons. The average molecular weight is 477 g/mol. The van der Waals surface area contributed by atoms with Crippen LogP contribution in [-0.4, -0.2) is 31.0 Å². The maximum absolute atomic E-state index is 12.8. The van der Waals surface area contributed by atoms with Gasteiger partial charge in [0.05, 0.1) is 13.0 Å². The molecule has 2 fully saturated rings. The topological polar surface area (TPSA) is 67.4 Å². The van der Waals surface area contributed by atoms with Crippen molar-refractivity contribution in [3.63, 3.8) is 0 Å². The molecule has 0 saturated heterocycles. The first-order valence-corrected chi connectivity index (χ1v) is 13.2. The van der Waals surface area contributed by atoms with Crippen molar-refractivity contribution < 1.29 is 14.3 Å². The van der Waals surface area contributed by atoms with Gasteiger partial charge >= 0.3 is 0 Å². The molecule has 0 heterocycles. The molecule has 0 aromatic heterocycles. The van der Waals surface area contributed by atoms with Crippen LogP contribution in [0.3, 0.4) is 0 Å².